The van der Waals surface area contributed by atoms with Crippen molar-refractivity contribution in [1.29, 1.82) is 0 Å². The van der Waals surface area contributed by atoms with Crippen LogP contribution in [0, 0.1) is 5.82 Å². The van der Waals surface area contributed by atoms with Crippen LogP contribution < -0.4 is 5.32 Å². The minimum atomic E-state index is -0.310. The molecule has 4 aromatic rings. The second-order valence-electron chi connectivity index (χ2n) is 6.40. The monoisotopic (exact) mass is 379 g/mol. The molecule has 3 aromatic heterocycles. The first-order chi connectivity index (χ1) is 13.6. The van der Waals surface area contributed by atoms with Crippen molar-refractivity contribution in [3.05, 3.63) is 72.4 Å². The number of aromatic nitrogens is 4. The molecule has 142 valence electrons. The summed E-state index contributed by atoms with van der Waals surface area (Å²) in [5, 5.41) is 11.2. The number of benzene rings is 1. The van der Waals surface area contributed by atoms with Crippen LogP contribution in [0.15, 0.2) is 59.3 Å². The lowest BCUT2D eigenvalue weighted by atomic mass is 10.2. The number of hydrogen-bond donors (Lipinski definition) is 1. The molecule has 1 atom stereocenters. The molecule has 1 aromatic carbocycles. The maximum atomic E-state index is 13.0. The third-order valence-electron chi connectivity index (χ3n) is 4.35. The number of pyridine rings is 1. The van der Waals surface area contributed by atoms with Crippen molar-refractivity contribution in [3.8, 4) is 11.3 Å². The van der Waals surface area contributed by atoms with Gasteiger partial charge >= 0.3 is 0 Å². The van der Waals surface area contributed by atoms with Crippen molar-refractivity contribution in [2.45, 2.75) is 25.8 Å². The zero-order valence-electron chi connectivity index (χ0n) is 15.2. The molecule has 3 heterocycles. The van der Waals surface area contributed by atoms with Gasteiger partial charge < -0.3 is 9.73 Å². The van der Waals surface area contributed by atoms with Gasteiger partial charge in [0, 0.05) is 24.6 Å². The number of nitrogens with zero attached hydrogens (tertiary/aromatic N) is 4. The Morgan fingerprint density at radius 2 is 2.04 bits per heavy atom. The Morgan fingerprint density at radius 1 is 1.21 bits per heavy atom. The van der Waals surface area contributed by atoms with Crippen LogP contribution >= 0.6 is 0 Å². The fraction of sp³-hybridized carbons (Fsp3) is 0.200. The highest BCUT2D eigenvalue weighted by Crippen LogP contribution is 2.21. The standard InChI is InChI=1S/C20H18FN5O2/c1-13(20-25-24-17-4-2-3-11-26(17)20)23-18(27)9-10-19-22-12-16(28-19)14-5-7-15(21)8-6-14/h2-8,11-13H,9-10H2,1H3,(H,23,27). The van der Waals surface area contributed by atoms with E-state index in [0.29, 0.717) is 23.9 Å². The molecule has 0 aliphatic carbocycles. The second kappa shape index (κ2) is 7.59. The van der Waals surface area contributed by atoms with E-state index in [1.807, 2.05) is 35.7 Å². The Kier molecular flexibility index (Phi) is 4.84. The molecule has 0 aliphatic heterocycles. The van der Waals surface area contributed by atoms with Crippen LogP contribution in [0.5, 0.6) is 0 Å². The van der Waals surface area contributed by atoms with Gasteiger partial charge in [0.15, 0.2) is 23.1 Å². The Balaban J connectivity index is 1.35. The van der Waals surface area contributed by atoms with Gasteiger partial charge in [-0.15, -0.1) is 10.2 Å². The summed E-state index contributed by atoms with van der Waals surface area (Å²) in [6.07, 6.45) is 4.02. The van der Waals surface area contributed by atoms with Crippen LogP contribution in [0.1, 0.15) is 31.1 Å². The van der Waals surface area contributed by atoms with E-state index in [1.165, 1.54) is 12.1 Å². The number of halogens is 1. The summed E-state index contributed by atoms with van der Waals surface area (Å²) in [4.78, 5) is 16.5. The van der Waals surface area contributed by atoms with Gasteiger partial charge in [-0.3, -0.25) is 9.20 Å². The lowest BCUT2D eigenvalue weighted by molar-refractivity contribution is -0.121. The highest BCUT2D eigenvalue weighted by Gasteiger charge is 2.16. The van der Waals surface area contributed by atoms with Gasteiger partial charge in [-0.05, 0) is 43.3 Å². The molecule has 8 heteroatoms. The molecule has 1 unspecified atom stereocenters. The van der Waals surface area contributed by atoms with Crippen molar-refractivity contribution in [2.75, 3.05) is 0 Å². The van der Waals surface area contributed by atoms with Crippen molar-refractivity contribution in [1.82, 2.24) is 24.9 Å². The number of rotatable bonds is 6. The lowest BCUT2D eigenvalue weighted by Gasteiger charge is -2.11. The first-order valence-corrected chi connectivity index (χ1v) is 8.90. The van der Waals surface area contributed by atoms with E-state index in [1.54, 1.807) is 18.3 Å². The number of carbonyl (C=O) groups excluding carboxylic acids is 1. The number of fused-ring (bicyclic) bond motifs is 1. The zero-order chi connectivity index (χ0) is 19.5. The molecule has 7 nitrogen and oxygen atoms in total. The van der Waals surface area contributed by atoms with Crippen LogP contribution in [0.4, 0.5) is 4.39 Å². The Hall–Kier alpha value is -3.55. The third-order valence-corrected chi connectivity index (χ3v) is 4.35. The normalized spacial score (nSPS) is 12.2. The molecule has 0 radical (unpaired) electrons. The number of carbonyl (C=O) groups is 1. The van der Waals surface area contributed by atoms with Crippen LogP contribution in [-0.2, 0) is 11.2 Å². The Morgan fingerprint density at radius 3 is 2.86 bits per heavy atom. The predicted octanol–water partition coefficient (Wildman–Crippen LogP) is 3.33. The summed E-state index contributed by atoms with van der Waals surface area (Å²) in [6, 6.07) is 11.3. The third kappa shape index (κ3) is 3.75. The van der Waals surface area contributed by atoms with E-state index in [4.69, 9.17) is 4.42 Å². The number of oxazole rings is 1. The maximum Gasteiger partial charge on any atom is 0.221 e. The average Bonchev–Trinajstić information content (AvgIpc) is 3.34. The average molecular weight is 379 g/mol. The quantitative estimate of drug-likeness (QED) is 0.555. The van der Waals surface area contributed by atoms with Crippen molar-refractivity contribution >= 4 is 11.6 Å². The SMILES string of the molecule is CC(NC(=O)CCc1ncc(-c2ccc(F)cc2)o1)c1nnc2ccccn12. The van der Waals surface area contributed by atoms with Crippen molar-refractivity contribution in [2.24, 2.45) is 0 Å². The largest absolute Gasteiger partial charge is 0.441 e. The lowest BCUT2D eigenvalue weighted by Crippen LogP contribution is -2.28. The highest BCUT2D eigenvalue weighted by molar-refractivity contribution is 5.76. The summed E-state index contributed by atoms with van der Waals surface area (Å²) >= 11 is 0. The van der Waals surface area contributed by atoms with Crippen molar-refractivity contribution in [3.63, 3.8) is 0 Å². The van der Waals surface area contributed by atoms with Crippen LogP contribution in [-0.4, -0.2) is 25.5 Å². The summed E-state index contributed by atoms with van der Waals surface area (Å²) in [5.41, 5.74) is 1.46. The molecule has 1 N–H and O–H groups in total. The Labute approximate surface area is 160 Å². The van der Waals surface area contributed by atoms with Gasteiger partial charge in [-0.1, -0.05) is 6.07 Å². The fourth-order valence-electron chi connectivity index (χ4n) is 2.93. The zero-order valence-corrected chi connectivity index (χ0v) is 15.2. The molecular formula is C20H18FN5O2. The van der Waals surface area contributed by atoms with Gasteiger partial charge in [0.1, 0.15) is 5.82 Å². The molecule has 0 bridgehead atoms. The minimum absolute atomic E-state index is 0.137. The maximum absolute atomic E-state index is 13.0. The second-order valence-corrected chi connectivity index (χ2v) is 6.40. The van der Waals surface area contributed by atoms with E-state index >= 15 is 0 Å². The number of nitrogens with one attached hydrogen (secondary N) is 1. The molecule has 0 spiro atoms. The summed E-state index contributed by atoms with van der Waals surface area (Å²) in [6.45, 7) is 1.86. The molecule has 1 amide bonds. The smallest absolute Gasteiger partial charge is 0.221 e. The van der Waals surface area contributed by atoms with Gasteiger partial charge in [-0.25, -0.2) is 9.37 Å². The van der Waals surface area contributed by atoms with Crippen molar-refractivity contribution < 1.29 is 13.6 Å². The van der Waals surface area contributed by atoms with Gasteiger partial charge in [-0.2, -0.15) is 0 Å². The van der Waals surface area contributed by atoms with Crippen LogP contribution in [0.3, 0.4) is 0 Å². The number of hydrogen-bond acceptors (Lipinski definition) is 5. The van der Waals surface area contributed by atoms with E-state index < -0.39 is 0 Å². The van der Waals surface area contributed by atoms with E-state index in [-0.39, 0.29) is 24.2 Å². The molecule has 0 aliphatic rings. The van der Waals surface area contributed by atoms with Crippen LogP contribution in [0.25, 0.3) is 17.0 Å². The van der Waals surface area contributed by atoms with E-state index in [0.717, 1.165) is 11.2 Å². The van der Waals surface area contributed by atoms with E-state index in [9.17, 15) is 9.18 Å². The topological polar surface area (TPSA) is 85.3 Å². The summed E-state index contributed by atoms with van der Waals surface area (Å²) < 4.78 is 20.5. The Bertz CT molecular complexity index is 1100. The van der Waals surface area contributed by atoms with Gasteiger partial charge in [0.05, 0.1) is 12.2 Å². The molecule has 0 fully saturated rings. The first-order valence-electron chi connectivity index (χ1n) is 8.90. The molecule has 0 saturated carbocycles. The molecule has 28 heavy (non-hydrogen) atoms. The fourth-order valence-corrected chi connectivity index (χ4v) is 2.93. The minimum Gasteiger partial charge on any atom is -0.441 e. The molecule has 4 rings (SSSR count). The summed E-state index contributed by atoms with van der Waals surface area (Å²) in [7, 11) is 0. The van der Waals surface area contributed by atoms with Crippen LogP contribution in [0.2, 0.25) is 0 Å². The number of aryl methyl sites for hydroxylation is 1. The van der Waals surface area contributed by atoms with Gasteiger partial charge in [0.2, 0.25) is 5.91 Å². The van der Waals surface area contributed by atoms with E-state index in [2.05, 4.69) is 20.5 Å². The number of amides is 1. The van der Waals surface area contributed by atoms with Gasteiger partial charge in [0.25, 0.3) is 0 Å². The molecule has 0 saturated heterocycles. The highest BCUT2D eigenvalue weighted by atomic mass is 19.1. The summed E-state index contributed by atoms with van der Waals surface area (Å²) in [5.74, 6) is 1.21. The predicted molar refractivity (Wildman–Crippen MR) is 99.8 cm³/mol. The molecular weight excluding hydrogens is 361 g/mol. The first kappa shape index (κ1) is 17.8.